The Labute approximate surface area is 202 Å². The van der Waals surface area contributed by atoms with Crippen LogP contribution in [0.5, 0.6) is 11.5 Å². The van der Waals surface area contributed by atoms with Crippen molar-refractivity contribution >= 4 is 39.2 Å². The first kappa shape index (κ1) is 22.1. The molecule has 4 aromatic rings. The zero-order valence-corrected chi connectivity index (χ0v) is 19.5. The maximum atomic E-state index is 12.3. The number of nitrogens with two attached hydrogens (primary N) is 1. The smallest absolute Gasteiger partial charge is 0.244 e. The number of nitrogens with zero attached hydrogens (tertiary/aromatic N) is 1. The molecule has 1 saturated heterocycles. The van der Waals surface area contributed by atoms with E-state index in [1.807, 2.05) is 60.7 Å². The number of nitrogen functional groups attached to an aromatic ring is 1. The Kier molecular flexibility index (Phi) is 6.56. The van der Waals surface area contributed by atoms with Gasteiger partial charge in [-0.2, -0.15) is 0 Å². The fourth-order valence-electron chi connectivity index (χ4n) is 4.10. The van der Waals surface area contributed by atoms with Gasteiger partial charge in [0.05, 0.1) is 0 Å². The number of carbonyl (C=O) groups is 1. The number of benzene rings is 2. The topological polar surface area (TPSA) is 89.3 Å². The highest BCUT2D eigenvalue weighted by atomic mass is 32.1. The van der Waals surface area contributed by atoms with Crippen LogP contribution in [0.4, 0.5) is 5.82 Å². The molecule has 0 unspecified atom stereocenters. The molecule has 1 aliphatic heterocycles. The number of anilines is 1. The van der Waals surface area contributed by atoms with Crippen LogP contribution >= 0.6 is 11.3 Å². The van der Waals surface area contributed by atoms with Crippen LogP contribution in [0.15, 0.2) is 72.3 Å². The second-order valence-electron chi connectivity index (χ2n) is 8.33. The van der Waals surface area contributed by atoms with Crippen molar-refractivity contribution in [2.45, 2.75) is 6.42 Å². The molecule has 1 atom stereocenters. The van der Waals surface area contributed by atoms with Gasteiger partial charge >= 0.3 is 0 Å². The van der Waals surface area contributed by atoms with Crippen LogP contribution in [0, 0.1) is 5.92 Å². The fraction of sp³-hybridized carbons (Fsp3) is 0.185. The molecule has 2 aromatic carbocycles. The van der Waals surface area contributed by atoms with Crippen LogP contribution in [-0.2, 0) is 4.79 Å². The normalized spacial score (nSPS) is 15.7. The van der Waals surface area contributed by atoms with E-state index < -0.39 is 0 Å². The van der Waals surface area contributed by atoms with Gasteiger partial charge in [0, 0.05) is 40.0 Å². The third kappa shape index (κ3) is 4.95. The van der Waals surface area contributed by atoms with Crippen LogP contribution in [0.25, 0.3) is 27.3 Å². The number of amides is 1. The molecule has 0 radical (unpaired) electrons. The number of nitrogens with one attached hydrogen (secondary N) is 2. The molecule has 1 fully saturated rings. The molecular formula is C27H26N4O2S. The highest BCUT2D eigenvalue weighted by Gasteiger charge is 2.15. The van der Waals surface area contributed by atoms with Crippen molar-refractivity contribution in [2.24, 2.45) is 5.92 Å². The summed E-state index contributed by atoms with van der Waals surface area (Å²) in [6.45, 7) is 2.68. The lowest BCUT2D eigenvalue weighted by atomic mass is 10.0. The van der Waals surface area contributed by atoms with Crippen LogP contribution in [0.1, 0.15) is 12.0 Å². The number of hydrogen-bond acceptors (Lipinski definition) is 6. The van der Waals surface area contributed by atoms with Crippen molar-refractivity contribution in [1.82, 2.24) is 15.6 Å². The number of para-hydroxylation sites is 1. The van der Waals surface area contributed by atoms with E-state index >= 15 is 0 Å². The van der Waals surface area contributed by atoms with E-state index in [0.29, 0.717) is 18.3 Å². The van der Waals surface area contributed by atoms with E-state index in [0.717, 1.165) is 57.8 Å². The van der Waals surface area contributed by atoms with Gasteiger partial charge in [-0.25, -0.2) is 4.98 Å². The van der Waals surface area contributed by atoms with Gasteiger partial charge in [-0.1, -0.05) is 30.3 Å². The molecule has 1 amide bonds. The summed E-state index contributed by atoms with van der Waals surface area (Å²) >= 11 is 1.60. The monoisotopic (exact) mass is 470 g/mol. The van der Waals surface area contributed by atoms with Crippen LogP contribution in [0.3, 0.4) is 0 Å². The zero-order valence-electron chi connectivity index (χ0n) is 18.7. The van der Waals surface area contributed by atoms with E-state index in [2.05, 4.69) is 21.0 Å². The average molecular weight is 471 g/mol. The Bertz CT molecular complexity index is 1310. The summed E-state index contributed by atoms with van der Waals surface area (Å²) in [5.41, 5.74) is 9.20. The van der Waals surface area contributed by atoms with Gasteiger partial charge in [0.1, 0.15) is 17.3 Å². The lowest BCUT2D eigenvalue weighted by molar-refractivity contribution is -0.116. The largest absolute Gasteiger partial charge is 0.457 e. The maximum absolute atomic E-state index is 12.3. The predicted molar refractivity (Wildman–Crippen MR) is 139 cm³/mol. The minimum atomic E-state index is -0.0948. The number of fused-ring (bicyclic) bond motifs is 1. The van der Waals surface area contributed by atoms with E-state index in [9.17, 15) is 4.79 Å². The summed E-state index contributed by atoms with van der Waals surface area (Å²) < 4.78 is 6.91. The van der Waals surface area contributed by atoms with Crippen molar-refractivity contribution in [3.63, 3.8) is 0 Å². The Balaban J connectivity index is 1.34. The second-order valence-corrected chi connectivity index (χ2v) is 9.21. The third-order valence-corrected chi connectivity index (χ3v) is 6.97. The van der Waals surface area contributed by atoms with Crippen molar-refractivity contribution in [2.75, 3.05) is 25.4 Å². The molecule has 0 saturated carbocycles. The molecule has 7 heteroatoms. The van der Waals surface area contributed by atoms with Crippen molar-refractivity contribution < 1.29 is 9.53 Å². The number of rotatable bonds is 7. The molecule has 3 heterocycles. The van der Waals surface area contributed by atoms with E-state index in [1.54, 1.807) is 23.6 Å². The van der Waals surface area contributed by atoms with Crippen LogP contribution in [0.2, 0.25) is 0 Å². The van der Waals surface area contributed by atoms with Gasteiger partial charge in [-0.3, -0.25) is 4.79 Å². The first-order valence-corrected chi connectivity index (χ1v) is 12.2. The molecule has 34 heavy (non-hydrogen) atoms. The van der Waals surface area contributed by atoms with Gasteiger partial charge in [0.2, 0.25) is 5.91 Å². The maximum Gasteiger partial charge on any atom is 0.244 e. The Morgan fingerprint density at radius 1 is 1.18 bits per heavy atom. The minimum absolute atomic E-state index is 0.0948. The number of ether oxygens (including phenoxy) is 1. The van der Waals surface area contributed by atoms with Crippen molar-refractivity contribution in [3.8, 4) is 22.6 Å². The highest BCUT2D eigenvalue weighted by Crippen LogP contribution is 2.39. The SMILES string of the molecule is Nc1ncc(C=CC(=O)NC[C@H]2CCNC2)c2scc(-c3ccc(Oc4ccccc4)cc3)c12. The lowest BCUT2D eigenvalue weighted by Crippen LogP contribution is -2.28. The fourth-order valence-corrected chi connectivity index (χ4v) is 5.18. The van der Waals surface area contributed by atoms with Crippen LogP contribution in [-0.4, -0.2) is 30.5 Å². The zero-order chi connectivity index (χ0) is 23.3. The van der Waals surface area contributed by atoms with Gasteiger partial charge in [-0.05, 0) is 66.7 Å². The molecule has 1 aliphatic rings. The Morgan fingerprint density at radius 2 is 1.97 bits per heavy atom. The molecule has 4 N–H and O–H groups in total. The van der Waals surface area contributed by atoms with Crippen molar-refractivity contribution in [1.29, 1.82) is 0 Å². The predicted octanol–water partition coefficient (Wildman–Crippen LogP) is 5.08. The number of carbonyl (C=O) groups excluding carboxylic acids is 1. The quantitative estimate of drug-likeness (QED) is 0.328. The highest BCUT2D eigenvalue weighted by molar-refractivity contribution is 7.18. The molecule has 172 valence electrons. The molecule has 0 aliphatic carbocycles. The Morgan fingerprint density at radius 3 is 2.74 bits per heavy atom. The summed E-state index contributed by atoms with van der Waals surface area (Å²) in [5.74, 6) is 2.45. The van der Waals surface area contributed by atoms with Crippen LogP contribution < -0.4 is 21.1 Å². The van der Waals surface area contributed by atoms with Gasteiger partial charge < -0.3 is 21.1 Å². The van der Waals surface area contributed by atoms with Gasteiger partial charge in [-0.15, -0.1) is 11.3 Å². The lowest BCUT2D eigenvalue weighted by Gasteiger charge is -2.08. The first-order valence-electron chi connectivity index (χ1n) is 11.3. The molecule has 2 aromatic heterocycles. The average Bonchev–Trinajstić information content (AvgIpc) is 3.54. The van der Waals surface area contributed by atoms with E-state index in [4.69, 9.17) is 10.5 Å². The standard InChI is InChI=1S/C27H26N4O2S/c28-27-25-23(19-6-9-22(10-7-19)33-21-4-2-1-3-5-21)17-34-26(25)20(16-31-27)8-11-24(32)30-15-18-12-13-29-14-18/h1-11,16-18,29H,12-15H2,(H2,28,31)(H,30,32)/t18-/m0/s1. The summed E-state index contributed by atoms with van der Waals surface area (Å²) in [6.07, 6.45) is 6.21. The number of aromatic nitrogens is 1. The van der Waals surface area contributed by atoms with E-state index in [1.165, 1.54) is 0 Å². The number of pyridine rings is 1. The number of thiophene rings is 1. The van der Waals surface area contributed by atoms with E-state index in [-0.39, 0.29) is 5.91 Å². The summed E-state index contributed by atoms with van der Waals surface area (Å²) in [4.78, 5) is 16.7. The van der Waals surface area contributed by atoms with Gasteiger partial charge in [0.15, 0.2) is 0 Å². The first-order chi connectivity index (χ1) is 16.7. The molecule has 6 nitrogen and oxygen atoms in total. The van der Waals surface area contributed by atoms with Gasteiger partial charge in [0.25, 0.3) is 0 Å². The summed E-state index contributed by atoms with van der Waals surface area (Å²) in [7, 11) is 0. The number of hydrogen-bond donors (Lipinski definition) is 3. The molecule has 0 bridgehead atoms. The summed E-state index contributed by atoms with van der Waals surface area (Å²) in [6, 6.07) is 17.6. The molecule has 0 spiro atoms. The Hall–Kier alpha value is -3.68. The minimum Gasteiger partial charge on any atom is -0.457 e. The summed E-state index contributed by atoms with van der Waals surface area (Å²) in [5, 5.41) is 9.29. The molecular weight excluding hydrogens is 444 g/mol. The van der Waals surface area contributed by atoms with Crippen molar-refractivity contribution in [3.05, 3.63) is 77.8 Å². The molecule has 5 rings (SSSR count). The third-order valence-electron chi connectivity index (χ3n) is 5.94. The second kappa shape index (κ2) is 10.1.